The van der Waals surface area contributed by atoms with E-state index in [2.05, 4.69) is 27.4 Å². The van der Waals surface area contributed by atoms with Crippen LogP contribution in [0.2, 0.25) is 0 Å². The molecule has 0 aromatic carbocycles. The zero-order valence-corrected chi connectivity index (χ0v) is 7.71. The van der Waals surface area contributed by atoms with Crippen LogP contribution in [0.1, 0.15) is 13.3 Å². The molecule has 0 radical (unpaired) electrons. The molecular weight excluding hydrogens is 152 g/mol. The van der Waals surface area contributed by atoms with Gasteiger partial charge in [0.2, 0.25) is 0 Å². The Hall–Kier alpha value is -0.420. The van der Waals surface area contributed by atoms with Crippen molar-refractivity contribution < 1.29 is 0 Å². The number of nitrogens with one attached hydrogen (secondary N) is 2. The summed E-state index contributed by atoms with van der Waals surface area (Å²) in [5, 5.41) is 4.72. The summed E-state index contributed by atoms with van der Waals surface area (Å²) < 4.78 is 0. The third-order valence-corrected chi connectivity index (χ3v) is 1.65. The van der Waals surface area contributed by atoms with E-state index in [4.69, 9.17) is 0 Å². The number of hydrazine groups is 2. The maximum Gasteiger partial charge on any atom is 0.0787 e. The average molecular weight is 170 g/mol. The lowest BCUT2D eigenvalue weighted by Gasteiger charge is -1.79. The highest BCUT2D eigenvalue weighted by atomic mass is 15.8. The number of fused-ring (bicyclic) bond motifs is 1. The van der Waals surface area contributed by atoms with Gasteiger partial charge in [0.1, 0.15) is 0 Å². The molecule has 2 unspecified atom stereocenters. The molecule has 3 aliphatic heterocycles. The normalized spacial score (nSPS) is 33.1. The van der Waals surface area contributed by atoms with Crippen LogP contribution in [0, 0.1) is 0 Å². The molecule has 0 aromatic heterocycles. The summed E-state index contributed by atoms with van der Waals surface area (Å²) in [6, 6.07) is 0. The van der Waals surface area contributed by atoms with Crippen molar-refractivity contribution in [3.05, 3.63) is 12.7 Å². The maximum absolute atomic E-state index is 3.36. The van der Waals surface area contributed by atoms with E-state index in [1.165, 1.54) is 26.2 Å². The van der Waals surface area contributed by atoms with Gasteiger partial charge in [0.25, 0.3) is 0 Å². The maximum atomic E-state index is 3.36. The minimum atomic E-state index is 1.00. The number of allylic oxidation sites excluding steroid dienone is 1. The molecule has 3 heterocycles. The first kappa shape index (κ1) is 9.67. The third-order valence-electron chi connectivity index (χ3n) is 1.65. The highest BCUT2D eigenvalue weighted by molar-refractivity contribution is 4.75. The lowest BCUT2D eigenvalue weighted by Crippen LogP contribution is -1.91. The smallest absolute Gasteiger partial charge is 0.0787 e. The molecule has 70 valence electrons. The molecule has 2 atom stereocenters. The fourth-order valence-electron chi connectivity index (χ4n) is 1.02. The van der Waals surface area contributed by atoms with Crippen LogP contribution in [0.15, 0.2) is 12.7 Å². The molecule has 0 aliphatic carbocycles. The van der Waals surface area contributed by atoms with E-state index >= 15 is 0 Å². The van der Waals surface area contributed by atoms with E-state index in [1.54, 1.807) is 6.08 Å². The largest absolute Gasteiger partial charge is 0.241 e. The van der Waals surface area contributed by atoms with E-state index in [1.807, 2.05) is 6.92 Å². The first-order valence-electron chi connectivity index (χ1n) is 4.41. The second kappa shape index (κ2) is 5.27. The van der Waals surface area contributed by atoms with E-state index in [9.17, 15) is 0 Å². The standard InChI is InChI=1S/C4H8N2.C3H6.CH4N2/c1-2-5-4-6(5)3-1;1-3-2;1-2-3-1/h1-4H2;3H,1H2,2H3;2-3H,1H2. The van der Waals surface area contributed by atoms with E-state index in [0.717, 1.165) is 6.67 Å². The van der Waals surface area contributed by atoms with Gasteiger partial charge in [-0.15, -0.1) is 6.58 Å². The van der Waals surface area contributed by atoms with Crippen LogP contribution in [0.25, 0.3) is 0 Å². The molecule has 0 amide bonds. The van der Waals surface area contributed by atoms with Gasteiger partial charge >= 0.3 is 0 Å². The van der Waals surface area contributed by atoms with Gasteiger partial charge in [-0.25, -0.2) is 20.9 Å². The van der Waals surface area contributed by atoms with Crippen molar-refractivity contribution in [1.82, 2.24) is 20.9 Å². The Morgan fingerprint density at radius 1 is 1.25 bits per heavy atom. The Balaban J connectivity index is 0.000000103. The summed E-state index contributed by atoms with van der Waals surface area (Å²) in [6.07, 6.45) is 3.14. The molecule has 4 heteroatoms. The zero-order valence-electron chi connectivity index (χ0n) is 7.71. The summed E-state index contributed by atoms with van der Waals surface area (Å²) in [6.45, 7) is 10.1. The topological polar surface area (TPSA) is 49.9 Å². The predicted octanol–water partition coefficient (Wildman–Crippen LogP) is 0.124. The highest BCUT2D eigenvalue weighted by Crippen LogP contribution is 2.21. The minimum Gasteiger partial charge on any atom is -0.241 e. The summed E-state index contributed by atoms with van der Waals surface area (Å²) >= 11 is 0. The highest BCUT2D eigenvalue weighted by Gasteiger charge is 2.34. The molecule has 0 bridgehead atoms. The van der Waals surface area contributed by atoms with Crippen LogP contribution < -0.4 is 10.9 Å². The number of hydrogen-bond acceptors (Lipinski definition) is 4. The summed E-state index contributed by atoms with van der Waals surface area (Å²) in [7, 11) is 0. The van der Waals surface area contributed by atoms with Crippen LogP contribution in [-0.4, -0.2) is 36.4 Å². The molecule has 3 saturated heterocycles. The molecule has 12 heavy (non-hydrogen) atoms. The lowest BCUT2D eigenvalue weighted by atomic mass is 10.4. The van der Waals surface area contributed by atoms with Crippen molar-refractivity contribution in [2.24, 2.45) is 0 Å². The van der Waals surface area contributed by atoms with Gasteiger partial charge in [0.05, 0.1) is 13.3 Å². The molecule has 0 spiro atoms. The second-order valence-corrected chi connectivity index (χ2v) is 2.89. The van der Waals surface area contributed by atoms with Crippen molar-refractivity contribution in [1.29, 1.82) is 0 Å². The molecule has 4 nitrogen and oxygen atoms in total. The van der Waals surface area contributed by atoms with Crippen molar-refractivity contribution in [3.8, 4) is 0 Å². The molecular formula is C8H18N4. The van der Waals surface area contributed by atoms with Crippen LogP contribution in [-0.2, 0) is 0 Å². The SMILES string of the molecule is C1CN2CN2C1.C1NN1.C=CC. The van der Waals surface area contributed by atoms with Crippen LogP contribution >= 0.6 is 0 Å². The van der Waals surface area contributed by atoms with Crippen LogP contribution in [0.5, 0.6) is 0 Å². The molecule has 3 rings (SSSR count). The number of nitrogens with zero attached hydrogens (tertiary/aromatic N) is 2. The number of hydrogen-bond donors (Lipinski definition) is 2. The second-order valence-electron chi connectivity index (χ2n) is 2.89. The van der Waals surface area contributed by atoms with Crippen molar-refractivity contribution >= 4 is 0 Å². The fraction of sp³-hybridized carbons (Fsp3) is 0.750. The zero-order chi connectivity index (χ0) is 8.81. The van der Waals surface area contributed by atoms with Gasteiger partial charge in [0.15, 0.2) is 0 Å². The van der Waals surface area contributed by atoms with Gasteiger partial charge < -0.3 is 0 Å². The van der Waals surface area contributed by atoms with E-state index in [-0.39, 0.29) is 0 Å². The molecule has 0 aromatic rings. The number of rotatable bonds is 0. The van der Waals surface area contributed by atoms with Crippen molar-refractivity contribution in [2.45, 2.75) is 13.3 Å². The summed E-state index contributed by atoms with van der Waals surface area (Å²) in [5.41, 5.74) is 5.50. The summed E-state index contributed by atoms with van der Waals surface area (Å²) in [5.74, 6) is 0. The molecule has 3 fully saturated rings. The van der Waals surface area contributed by atoms with Crippen molar-refractivity contribution in [2.75, 3.05) is 26.4 Å². The lowest BCUT2D eigenvalue weighted by molar-refractivity contribution is 0.412. The van der Waals surface area contributed by atoms with Gasteiger partial charge in [0, 0.05) is 13.1 Å². The molecule has 0 saturated carbocycles. The minimum absolute atomic E-state index is 1.00. The quantitative estimate of drug-likeness (QED) is 0.400. The summed E-state index contributed by atoms with van der Waals surface area (Å²) in [4.78, 5) is 0. The first-order valence-corrected chi connectivity index (χ1v) is 4.41. The van der Waals surface area contributed by atoms with Gasteiger partial charge in [-0.1, -0.05) is 6.08 Å². The van der Waals surface area contributed by atoms with Crippen molar-refractivity contribution in [3.63, 3.8) is 0 Å². The molecule has 2 N–H and O–H groups in total. The Kier molecular flexibility index (Phi) is 4.24. The Morgan fingerprint density at radius 3 is 1.75 bits per heavy atom. The van der Waals surface area contributed by atoms with E-state index < -0.39 is 0 Å². The molecule has 3 aliphatic rings. The first-order chi connectivity index (χ1) is 5.88. The monoisotopic (exact) mass is 170 g/mol. The van der Waals surface area contributed by atoms with Gasteiger partial charge in [-0.05, 0) is 13.3 Å². The van der Waals surface area contributed by atoms with Gasteiger partial charge in [-0.3, -0.25) is 0 Å². The van der Waals surface area contributed by atoms with Crippen LogP contribution in [0.3, 0.4) is 0 Å². The Bertz CT molecular complexity index is 124. The van der Waals surface area contributed by atoms with Crippen LogP contribution in [0.4, 0.5) is 0 Å². The third kappa shape index (κ3) is 4.46. The van der Waals surface area contributed by atoms with Gasteiger partial charge in [-0.2, -0.15) is 0 Å². The predicted molar refractivity (Wildman–Crippen MR) is 49.9 cm³/mol. The van der Waals surface area contributed by atoms with E-state index in [0.29, 0.717) is 0 Å². The average Bonchev–Trinajstić information content (AvgIpc) is 2.95. The Labute approximate surface area is 74.2 Å². The fourth-order valence-corrected chi connectivity index (χ4v) is 1.02. The Morgan fingerprint density at radius 2 is 1.67 bits per heavy atom.